The molecule has 0 radical (unpaired) electrons. The van der Waals surface area contributed by atoms with Gasteiger partial charge in [-0.2, -0.15) is 5.26 Å². The highest BCUT2D eigenvalue weighted by molar-refractivity contribution is 5.68. The van der Waals surface area contributed by atoms with E-state index in [0.29, 0.717) is 6.42 Å². The first-order valence-corrected chi connectivity index (χ1v) is 8.55. The van der Waals surface area contributed by atoms with E-state index in [0.717, 1.165) is 18.8 Å². The van der Waals surface area contributed by atoms with Crippen molar-refractivity contribution in [1.82, 2.24) is 0 Å². The monoisotopic (exact) mass is 286 g/mol. The highest BCUT2D eigenvalue weighted by atomic mass is 17.1. The predicted octanol–water partition coefficient (Wildman–Crippen LogP) is 5.73. The molecule has 3 heteroatoms. The van der Waals surface area contributed by atoms with E-state index < -0.39 is 5.97 Å². The van der Waals surface area contributed by atoms with Crippen molar-refractivity contribution < 1.29 is 14.9 Å². The molecule has 0 aromatic carbocycles. The maximum Gasteiger partial charge on any atom is 0.342 e. The summed E-state index contributed by atoms with van der Waals surface area (Å²) in [5.74, 6) is 0.389. The van der Waals surface area contributed by atoms with Crippen LogP contribution in [0.5, 0.6) is 0 Å². The van der Waals surface area contributed by atoms with E-state index in [2.05, 4.69) is 18.7 Å². The molecule has 0 aliphatic rings. The first-order valence-electron chi connectivity index (χ1n) is 8.55. The van der Waals surface area contributed by atoms with Crippen LogP contribution in [0.4, 0.5) is 0 Å². The summed E-state index contributed by atoms with van der Waals surface area (Å²) in [6.07, 6.45) is 15.6. The molecule has 0 aromatic rings. The van der Waals surface area contributed by atoms with Crippen LogP contribution in [0.2, 0.25) is 0 Å². The Morgan fingerprint density at radius 2 is 1.35 bits per heavy atom. The summed E-state index contributed by atoms with van der Waals surface area (Å²) < 4.78 is 0. The average Bonchev–Trinajstić information content (AvgIpc) is 2.47. The molecular formula is C17H34O3. The number of rotatable bonds is 14. The van der Waals surface area contributed by atoms with Gasteiger partial charge in [-0.3, -0.25) is 0 Å². The minimum Gasteiger partial charge on any atom is -0.301 e. The molecule has 0 saturated heterocycles. The summed E-state index contributed by atoms with van der Waals surface area (Å²) in [5, 5.41) is 8.09. The maximum atomic E-state index is 10.7. The average molecular weight is 286 g/mol. The zero-order chi connectivity index (χ0) is 15.1. The van der Waals surface area contributed by atoms with Crippen LogP contribution in [0.3, 0.4) is 0 Å². The Labute approximate surface area is 125 Å². The van der Waals surface area contributed by atoms with Crippen LogP contribution in [-0.4, -0.2) is 11.2 Å². The summed E-state index contributed by atoms with van der Waals surface area (Å²) in [4.78, 5) is 14.3. The lowest BCUT2D eigenvalue weighted by molar-refractivity contribution is -0.234. The van der Waals surface area contributed by atoms with Gasteiger partial charge in [-0.25, -0.2) is 4.79 Å². The number of carbonyl (C=O) groups is 1. The molecule has 0 saturated carbocycles. The second kappa shape index (κ2) is 14.8. The third kappa shape index (κ3) is 13.9. The third-order valence-electron chi connectivity index (χ3n) is 4.13. The summed E-state index contributed by atoms with van der Waals surface area (Å²) in [6, 6.07) is 0. The quantitative estimate of drug-likeness (QED) is 0.252. The molecular weight excluding hydrogens is 252 g/mol. The summed E-state index contributed by atoms with van der Waals surface area (Å²) in [6.45, 7) is 4.62. The number of hydrogen-bond acceptors (Lipinski definition) is 3. The first kappa shape index (κ1) is 19.4. The SMILES string of the molecule is CCC(C)CCCCCCCCCCCCC(=O)OO. The predicted molar refractivity (Wildman–Crippen MR) is 83.6 cm³/mol. The van der Waals surface area contributed by atoms with E-state index in [4.69, 9.17) is 5.26 Å². The van der Waals surface area contributed by atoms with Crippen LogP contribution in [-0.2, 0) is 9.68 Å². The minimum atomic E-state index is -0.512. The molecule has 0 spiro atoms. The van der Waals surface area contributed by atoms with Crippen molar-refractivity contribution in [1.29, 1.82) is 0 Å². The van der Waals surface area contributed by atoms with E-state index in [1.165, 1.54) is 64.2 Å². The smallest absolute Gasteiger partial charge is 0.301 e. The molecule has 1 atom stereocenters. The van der Waals surface area contributed by atoms with Gasteiger partial charge in [0.1, 0.15) is 0 Å². The Morgan fingerprint density at radius 1 is 0.900 bits per heavy atom. The van der Waals surface area contributed by atoms with Crippen molar-refractivity contribution in [2.45, 2.75) is 97.3 Å². The molecule has 0 aliphatic heterocycles. The summed E-state index contributed by atoms with van der Waals surface area (Å²) >= 11 is 0. The van der Waals surface area contributed by atoms with E-state index in [9.17, 15) is 4.79 Å². The van der Waals surface area contributed by atoms with Gasteiger partial charge in [-0.15, -0.1) is 0 Å². The lowest BCUT2D eigenvalue weighted by Gasteiger charge is -2.07. The third-order valence-corrected chi connectivity index (χ3v) is 4.13. The molecule has 20 heavy (non-hydrogen) atoms. The Balaban J connectivity index is 3.04. The topological polar surface area (TPSA) is 46.5 Å². The van der Waals surface area contributed by atoms with Gasteiger partial charge in [-0.05, 0) is 12.3 Å². The van der Waals surface area contributed by atoms with Crippen molar-refractivity contribution in [3.05, 3.63) is 0 Å². The largest absolute Gasteiger partial charge is 0.342 e. The van der Waals surface area contributed by atoms with Crippen molar-refractivity contribution in [2.75, 3.05) is 0 Å². The van der Waals surface area contributed by atoms with Crippen molar-refractivity contribution in [3.63, 3.8) is 0 Å². The van der Waals surface area contributed by atoms with Crippen molar-refractivity contribution in [2.24, 2.45) is 5.92 Å². The van der Waals surface area contributed by atoms with Crippen LogP contribution in [0, 0.1) is 5.92 Å². The van der Waals surface area contributed by atoms with E-state index in [1.807, 2.05) is 0 Å². The zero-order valence-corrected chi connectivity index (χ0v) is 13.5. The van der Waals surface area contributed by atoms with Gasteiger partial charge in [-0.1, -0.05) is 84.5 Å². The van der Waals surface area contributed by atoms with E-state index >= 15 is 0 Å². The van der Waals surface area contributed by atoms with Crippen LogP contribution in [0.15, 0.2) is 0 Å². The molecule has 0 bridgehead atoms. The number of carbonyl (C=O) groups excluding carboxylic acids is 1. The molecule has 0 rings (SSSR count). The number of unbranched alkanes of at least 4 members (excludes halogenated alkanes) is 9. The molecule has 120 valence electrons. The van der Waals surface area contributed by atoms with E-state index in [-0.39, 0.29) is 0 Å². The molecule has 1 unspecified atom stereocenters. The first-order chi connectivity index (χ1) is 9.70. The lowest BCUT2D eigenvalue weighted by Crippen LogP contribution is -1.99. The molecule has 0 amide bonds. The fourth-order valence-corrected chi connectivity index (χ4v) is 2.43. The zero-order valence-electron chi connectivity index (χ0n) is 13.5. The van der Waals surface area contributed by atoms with Gasteiger partial charge in [0.2, 0.25) is 0 Å². The van der Waals surface area contributed by atoms with Crippen molar-refractivity contribution >= 4 is 5.97 Å². The van der Waals surface area contributed by atoms with Crippen LogP contribution in [0.1, 0.15) is 97.3 Å². The Morgan fingerprint density at radius 3 is 1.80 bits per heavy atom. The Kier molecular flexibility index (Phi) is 14.4. The van der Waals surface area contributed by atoms with E-state index in [1.54, 1.807) is 0 Å². The van der Waals surface area contributed by atoms with Crippen molar-refractivity contribution in [3.8, 4) is 0 Å². The van der Waals surface area contributed by atoms with Gasteiger partial charge in [0, 0.05) is 6.42 Å². The fraction of sp³-hybridized carbons (Fsp3) is 0.941. The van der Waals surface area contributed by atoms with Crippen LogP contribution < -0.4 is 0 Å². The van der Waals surface area contributed by atoms with Crippen LogP contribution in [0.25, 0.3) is 0 Å². The fourth-order valence-electron chi connectivity index (χ4n) is 2.43. The normalized spacial score (nSPS) is 12.3. The highest BCUT2D eigenvalue weighted by Crippen LogP contribution is 2.15. The molecule has 0 heterocycles. The Bertz CT molecular complexity index is 216. The highest BCUT2D eigenvalue weighted by Gasteiger charge is 2.01. The maximum absolute atomic E-state index is 10.7. The summed E-state index contributed by atoms with van der Waals surface area (Å²) in [7, 11) is 0. The van der Waals surface area contributed by atoms with Gasteiger partial charge in [0.15, 0.2) is 0 Å². The molecule has 1 N–H and O–H groups in total. The lowest BCUT2D eigenvalue weighted by atomic mass is 9.99. The van der Waals surface area contributed by atoms with Gasteiger partial charge >= 0.3 is 5.97 Å². The molecule has 0 aliphatic carbocycles. The minimum absolute atomic E-state index is 0.340. The standard InChI is InChI=1S/C17H34O3/c1-3-16(2)14-12-10-8-6-4-5-7-9-11-13-15-17(18)20-19/h16,19H,3-15H2,1-2H3. The number of hydrogen-bond donors (Lipinski definition) is 1. The molecule has 3 nitrogen and oxygen atoms in total. The Hall–Kier alpha value is -0.570. The van der Waals surface area contributed by atoms with Gasteiger partial charge in [0.05, 0.1) is 0 Å². The molecule has 0 fully saturated rings. The molecule has 0 aromatic heterocycles. The summed E-state index contributed by atoms with van der Waals surface area (Å²) in [5.41, 5.74) is 0. The van der Waals surface area contributed by atoms with Gasteiger partial charge in [0.25, 0.3) is 0 Å². The van der Waals surface area contributed by atoms with Gasteiger partial charge < -0.3 is 4.89 Å². The second-order valence-electron chi connectivity index (χ2n) is 6.05. The second-order valence-corrected chi connectivity index (χ2v) is 6.05. The van der Waals surface area contributed by atoms with Crippen LogP contribution >= 0.6 is 0 Å².